The number of carbonyl (C=O) groups is 2. The second-order valence-corrected chi connectivity index (χ2v) is 7.98. The summed E-state index contributed by atoms with van der Waals surface area (Å²) in [5.41, 5.74) is 1.67. The molecule has 0 N–H and O–H groups in total. The highest BCUT2D eigenvalue weighted by atomic mass is 16.5. The van der Waals surface area contributed by atoms with E-state index in [2.05, 4.69) is 0 Å². The number of benzene rings is 3. The van der Waals surface area contributed by atoms with Gasteiger partial charge >= 0.3 is 11.9 Å². The number of ether oxygens (including phenoxy) is 2. The first-order valence-corrected chi connectivity index (χ1v) is 10.8. The van der Waals surface area contributed by atoms with Gasteiger partial charge < -0.3 is 9.47 Å². The van der Waals surface area contributed by atoms with Crippen molar-refractivity contribution in [2.45, 2.75) is 44.1 Å². The first-order chi connectivity index (χ1) is 15.2. The molecule has 0 unspecified atom stereocenters. The molecule has 0 atom stereocenters. The fourth-order valence-corrected chi connectivity index (χ4v) is 4.21. The summed E-state index contributed by atoms with van der Waals surface area (Å²) >= 11 is 0. The zero-order valence-corrected chi connectivity index (χ0v) is 17.5. The molecule has 0 amide bonds. The van der Waals surface area contributed by atoms with Crippen LogP contribution in [0.5, 0.6) is 5.75 Å². The van der Waals surface area contributed by atoms with Gasteiger partial charge in [0.2, 0.25) is 0 Å². The molecular formula is C27H26O4. The third kappa shape index (κ3) is 4.85. The number of carbonyl (C=O) groups excluding carboxylic acids is 2. The largest absolute Gasteiger partial charge is 0.460 e. The van der Waals surface area contributed by atoms with Gasteiger partial charge in [-0.25, -0.2) is 4.79 Å². The Kier molecular flexibility index (Phi) is 6.46. The molecule has 1 aliphatic carbocycles. The summed E-state index contributed by atoms with van der Waals surface area (Å²) in [4.78, 5) is 25.7. The van der Waals surface area contributed by atoms with Crippen LogP contribution in [0.2, 0.25) is 0 Å². The van der Waals surface area contributed by atoms with Crippen molar-refractivity contribution in [3.05, 3.63) is 102 Å². The molecule has 3 aromatic carbocycles. The lowest BCUT2D eigenvalue weighted by Crippen LogP contribution is -2.39. The van der Waals surface area contributed by atoms with Crippen LogP contribution in [0.15, 0.2) is 84.9 Å². The number of para-hydroxylation sites is 1. The van der Waals surface area contributed by atoms with Crippen molar-refractivity contribution < 1.29 is 19.1 Å². The van der Waals surface area contributed by atoms with Crippen LogP contribution in [-0.4, -0.2) is 11.9 Å². The van der Waals surface area contributed by atoms with E-state index in [4.69, 9.17) is 9.47 Å². The second-order valence-electron chi connectivity index (χ2n) is 7.98. The summed E-state index contributed by atoms with van der Waals surface area (Å²) in [5.74, 6) is -0.0948. The lowest BCUT2D eigenvalue weighted by molar-refractivity contribution is -0.153. The zero-order valence-electron chi connectivity index (χ0n) is 17.5. The van der Waals surface area contributed by atoms with Gasteiger partial charge in [-0.05, 0) is 48.2 Å². The highest BCUT2D eigenvalue weighted by Gasteiger charge is 2.42. The van der Waals surface area contributed by atoms with Gasteiger partial charge in [-0.2, -0.15) is 0 Å². The molecule has 0 heterocycles. The molecule has 0 aliphatic heterocycles. The maximum absolute atomic E-state index is 13.2. The van der Waals surface area contributed by atoms with E-state index >= 15 is 0 Å². The Morgan fingerprint density at radius 2 is 1.35 bits per heavy atom. The minimum absolute atomic E-state index is 0.185. The lowest BCUT2D eigenvalue weighted by Gasteiger charge is -2.35. The van der Waals surface area contributed by atoms with E-state index in [0.29, 0.717) is 11.3 Å². The van der Waals surface area contributed by atoms with Gasteiger partial charge in [0.15, 0.2) is 0 Å². The Bertz CT molecular complexity index is 1000. The number of hydrogen-bond donors (Lipinski definition) is 0. The molecule has 1 aliphatic rings. The summed E-state index contributed by atoms with van der Waals surface area (Å²) in [6.07, 6.45) is 4.61. The van der Waals surface area contributed by atoms with Crippen LogP contribution < -0.4 is 4.74 Å². The average Bonchev–Trinajstić information content (AvgIpc) is 2.84. The molecule has 0 bridgehead atoms. The van der Waals surface area contributed by atoms with Gasteiger partial charge in [-0.3, -0.25) is 4.79 Å². The van der Waals surface area contributed by atoms with Crippen molar-refractivity contribution in [1.82, 2.24) is 0 Å². The monoisotopic (exact) mass is 414 g/mol. The maximum Gasteiger partial charge on any atom is 0.343 e. The maximum atomic E-state index is 13.2. The fraction of sp³-hybridized carbons (Fsp3) is 0.259. The Morgan fingerprint density at radius 3 is 2.00 bits per heavy atom. The second kappa shape index (κ2) is 9.61. The summed E-state index contributed by atoms with van der Waals surface area (Å²) in [5, 5.41) is 0. The van der Waals surface area contributed by atoms with Crippen LogP contribution in [0, 0.1) is 0 Å². The van der Waals surface area contributed by atoms with Gasteiger partial charge in [0.05, 0.1) is 11.0 Å². The summed E-state index contributed by atoms with van der Waals surface area (Å²) in [6, 6.07) is 25.9. The van der Waals surface area contributed by atoms with Crippen molar-refractivity contribution >= 4 is 11.9 Å². The molecule has 4 nitrogen and oxygen atoms in total. The van der Waals surface area contributed by atoms with E-state index < -0.39 is 11.4 Å². The van der Waals surface area contributed by atoms with E-state index in [1.165, 1.54) is 0 Å². The van der Waals surface area contributed by atoms with Crippen molar-refractivity contribution in [1.29, 1.82) is 0 Å². The first kappa shape index (κ1) is 20.9. The van der Waals surface area contributed by atoms with Gasteiger partial charge in [-0.15, -0.1) is 0 Å². The molecule has 1 fully saturated rings. The summed E-state index contributed by atoms with van der Waals surface area (Å²) in [6.45, 7) is 0.267. The molecule has 4 rings (SSSR count). The topological polar surface area (TPSA) is 52.6 Å². The molecule has 4 heteroatoms. The molecule has 1 saturated carbocycles. The van der Waals surface area contributed by atoms with Crippen molar-refractivity contribution in [3.8, 4) is 5.75 Å². The Hall–Kier alpha value is -3.40. The molecule has 3 aromatic rings. The van der Waals surface area contributed by atoms with Crippen molar-refractivity contribution in [2.75, 3.05) is 0 Å². The number of rotatable bonds is 6. The van der Waals surface area contributed by atoms with Gasteiger partial charge in [0.25, 0.3) is 0 Å². The van der Waals surface area contributed by atoms with E-state index in [1.807, 2.05) is 60.7 Å². The van der Waals surface area contributed by atoms with E-state index in [-0.39, 0.29) is 12.6 Å². The minimum atomic E-state index is -0.658. The number of hydrogen-bond acceptors (Lipinski definition) is 4. The Balaban J connectivity index is 1.50. The third-order valence-electron chi connectivity index (χ3n) is 5.94. The number of esters is 2. The van der Waals surface area contributed by atoms with Gasteiger partial charge in [0.1, 0.15) is 12.4 Å². The van der Waals surface area contributed by atoms with Crippen molar-refractivity contribution in [3.63, 3.8) is 0 Å². The van der Waals surface area contributed by atoms with E-state index in [9.17, 15) is 9.59 Å². The van der Waals surface area contributed by atoms with Crippen LogP contribution in [0.3, 0.4) is 0 Å². The van der Waals surface area contributed by atoms with Crippen LogP contribution in [0.1, 0.15) is 53.6 Å². The highest BCUT2D eigenvalue weighted by Crippen LogP contribution is 2.41. The average molecular weight is 415 g/mol. The molecule has 31 heavy (non-hydrogen) atoms. The first-order valence-electron chi connectivity index (χ1n) is 10.8. The summed E-state index contributed by atoms with van der Waals surface area (Å²) in [7, 11) is 0. The quantitative estimate of drug-likeness (QED) is 0.375. The smallest absolute Gasteiger partial charge is 0.343 e. The van der Waals surface area contributed by atoms with Crippen LogP contribution >= 0.6 is 0 Å². The molecule has 158 valence electrons. The predicted octanol–water partition coefficient (Wildman–Crippen LogP) is 5.85. The zero-order chi connectivity index (χ0) is 21.5. The standard InChI is InChI=1S/C27H26O4/c28-25(31-24-12-6-2-7-13-24)22-14-16-23(17-15-22)27(18-8-3-9-19-27)26(29)30-20-21-10-4-1-5-11-21/h1-2,4-7,10-17H,3,8-9,18-20H2. The van der Waals surface area contributed by atoms with E-state index in [1.54, 1.807) is 24.3 Å². The normalized spacial score (nSPS) is 15.1. The predicted molar refractivity (Wildman–Crippen MR) is 119 cm³/mol. The highest BCUT2D eigenvalue weighted by molar-refractivity contribution is 5.91. The molecule has 0 spiro atoms. The van der Waals surface area contributed by atoms with Gasteiger partial charge in [-0.1, -0.05) is 79.9 Å². The van der Waals surface area contributed by atoms with Crippen LogP contribution in [-0.2, 0) is 21.6 Å². The lowest BCUT2D eigenvalue weighted by atomic mass is 9.69. The SMILES string of the molecule is O=C(Oc1ccccc1)c1ccc(C2(C(=O)OCc3ccccc3)CCCCC2)cc1. The molecule has 0 radical (unpaired) electrons. The molecule has 0 aromatic heterocycles. The van der Waals surface area contributed by atoms with Crippen LogP contribution in [0.25, 0.3) is 0 Å². The fourth-order valence-electron chi connectivity index (χ4n) is 4.21. The van der Waals surface area contributed by atoms with E-state index in [0.717, 1.165) is 43.2 Å². The van der Waals surface area contributed by atoms with Gasteiger partial charge in [0, 0.05) is 0 Å². The molecule has 0 saturated heterocycles. The molecular weight excluding hydrogens is 388 g/mol. The van der Waals surface area contributed by atoms with Crippen LogP contribution in [0.4, 0.5) is 0 Å². The Morgan fingerprint density at radius 1 is 0.742 bits per heavy atom. The Labute approximate surface area is 182 Å². The van der Waals surface area contributed by atoms with Crippen molar-refractivity contribution in [2.24, 2.45) is 0 Å². The minimum Gasteiger partial charge on any atom is -0.460 e. The summed E-state index contributed by atoms with van der Waals surface area (Å²) < 4.78 is 11.2. The third-order valence-corrected chi connectivity index (χ3v) is 5.94.